The first-order valence-corrected chi connectivity index (χ1v) is 6.58. The van der Waals surface area contributed by atoms with Gasteiger partial charge < -0.3 is 5.32 Å². The fraction of sp³-hybridized carbons (Fsp3) is 0.429. The minimum absolute atomic E-state index is 0.000843. The van der Waals surface area contributed by atoms with Gasteiger partial charge in [0.05, 0.1) is 13.1 Å². The van der Waals surface area contributed by atoms with Gasteiger partial charge >= 0.3 is 0 Å². The van der Waals surface area contributed by atoms with Crippen molar-refractivity contribution in [1.29, 1.82) is 0 Å². The molecule has 2 rings (SSSR count). The molecule has 108 valence electrons. The first kappa shape index (κ1) is 14.6. The largest absolute Gasteiger partial charge is 0.310 e. The van der Waals surface area contributed by atoms with Crippen LogP contribution in [-0.2, 0) is 13.1 Å². The summed E-state index contributed by atoms with van der Waals surface area (Å²) in [5, 5.41) is 7.41. The third-order valence-electron chi connectivity index (χ3n) is 2.80. The average Bonchev–Trinajstić information content (AvgIpc) is 2.81. The Morgan fingerprint density at radius 1 is 1.25 bits per heavy atom. The van der Waals surface area contributed by atoms with Crippen LogP contribution in [0.1, 0.15) is 25.2 Å². The molecule has 0 atom stereocenters. The van der Waals surface area contributed by atoms with Crippen molar-refractivity contribution in [1.82, 2.24) is 20.1 Å². The molecule has 1 aromatic heterocycles. The molecule has 0 fully saturated rings. The molecule has 0 radical (unpaired) electrons. The number of benzene rings is 1. The maximum absolute atomic E-state index is 13.5. The van der Waals surface area contributed by atoms with Crippen molar-refractivity contribution in [3.05, 3.63) is 47.5 Å². The van der Waals surface area contributed by atoms with E-state index in [9.17, 15) is 8.78 Å². The number of rotatable bonds is 6. The Labute approximate surface area is 116 Å². The second-order valence-electron chi connectivity index (χ2n) is 5.08. The molecule has 0 aliphatic rings. The van der Waals surface area contributed by atoms with E-state index in [1.54, 1.807) is 0 Å². The lowest BCUT2D eigenvalue weighted by molar-refractivity contribution is 0.523. The summed E-state index contributed by atoms with van der Waals surface area (Å²) in [6, 6.07) is 3.82. The van der Waals surface area contributed by atoms with Crippen LogP contribution >= 0.6 is 0 Å². The van der Waals surface area contributed by atoms with Crippen LogP contribution < -0.4 is 5.32 Å². The lowest BCUT2D eigenvalue weighted by Gasteiger charge is -2.05. The van der Waals surface area contributed by atoms with Crippen LogP contribution in [0.4, 0.5) is 8.78 Å². The lowest BCUT2D eigenvalue weighted by atomic mass is 10.2. The molecule has 6 heteroatoms. The van der Waals surface area contributed by atoms with E-state index in [0.29, 0.717) is 18.3 Å². The van der Waals surface area contributed by atoms with Crippen molar-refractivity contribution >= 4 is 0 Å². The summed E-state index contributed by atoms with van der Waals surface area (Å²) < 4.78 is 28.5. The summed E-state index contributed by atoms with van der Waals surface area (Å²) in [5.41, 5.74) is -0.000843. The number of nitrogens with one attached hydrogen (secondary N) is 1. The van der Waals surface area contributed by atoms with Gasteiger partial charge in [-0.2, -0.15) is 5.10 Å². The highest BCUT2D eigenvalue weighted by atomic mass is 19.1. The topological polar surface area (TPSA) is 42.7 Å². The van der Waals surface area contributed by atoms with Gasteiger partial charge in [0, 0.05) is 5.56 Å². The summed E-state index contributed by atoms with van der Waals surface area (Å²) in [5.74, 6) is 0.0203. The molecule has 20 heavy (non-hydrogen) atoms. The van der Waals surface area contributed by atoms with Crippen molar-refractivity contribution < 1.29 is 8.78 Å². The van der Waals surface area contributed by atoms with Gasteiger partial charge in [0.2, 0.25) is 0 Å². The Balaban J connectivity index is 1.99. The van der Waals surface area contributed by atoms with Crippen molar-refractivity contribution in [3.63, 3.8) is 0 Å². The maximum atomic E-state index is 13.5. The van der Waals surface area contributed by atoms with Gasteiger partial charge in [0.15, 0.2) is 5.82 Å². The summed E-state index contributed by atoms with van der Waals surface area (Å²) >= 11 is 0. The molecule has 0 saturated carbocycles. The predicted molar refractivity (Wildman–Crippen MR) is 72.0 cm³/mol. The summed E-state index contributed by atoms with van der Waals surface area (Å²) in [4.78, 5) is 4.11. The first-order valence-electron chi connectivity index (χ1n) is 6.58. The van der Waals surface area contributed by atoms with Gasteiger partial charge in [-0.25, -0.2) is 18.4 Å². The van der Waals surface area contributed by atoms with Gasteiger partial charge in [0.25, 0.3) is 0 Å². The SMILES string of the molecule is CC(C)CNCc1ncn(Cc2c(F)cccc2F)n1. The van der Waals surface area contributed by atoms with E-state index in [2.05, 4.69) is 29.2 Å². The Bertz CT molecular complexity index is 546. The first-order chi connectivity index (χ1) is 9.56. The van der Waals surface area contributed by atoms with Crippen LogP contribution in [0.15, 0.2) is 24.5 Å². The Morgan fingerprint density at radius 2 is 1.95 bits per heavy atom. The van der Waals surface area contributed by atoms with Gasteiger partial charge in [-0.15, -0.1) is 0 Å². The Hall–Kier alpha value is -1.82. The van der Waals surface area contributed by atoms with E-state index in [1.807, 2.05) is 0 Å². The molecule has 0 bridgehead atoms. The zero-order valence-electron chi connectivity index (χ0n) is 11.6. The number of aromatic nitrogens is 3. The summed E-state index contributed by atoms with van der Waals surface area (Å²) in [6.07, 6.45) is 1.48. The quantitative estimate of drug-likeness (QED) is 0.883. The smallest absolute Gasteiger partial charge is 0.164 e. The molecular weight excluding hydrogens is 262 g/mol. The fourth-order valence-electron chi connectivity index (χ4n) is 1.81. The van der Waals surface area contributed by atoms with Crippen molar-refractivity contribution in [2.75, 3.05) is 6.54 Å². The van der Waals surface area contributed by atoms with Crippen LogP contribution in [0.3, 0.4) is 0 Å². The van der Waals surface area contributed by atoms with E-state index in [-0.39, 0.29) is 12.1 Å². The summed E-state index contributed by atoms with van der Waals surface area (Å²) in [7, 11) is 0. The van der Waals surface area contributed by atoms with Gasteiger partial charge in [-0.3, -0.25) is 0 Å². The minimum atomic E-state index is -0.569. The molecule has 1 aromatic carbocycles. The van der Waals surface area contributed by atoms with Gasteiger partial charge in [-0.1, -0.05) is 19.9 Å². The predicted octanol–water partition coefficient (Wildman–Crippen LogP) is 2.35. The standard InChI is InChI=1S/C14H18F2N4/c1-10(2)6-17-7-14-18-9-20(19-14)8-11-12(15)4-3-5-13(11)16/h3-5,9-10,17H,6-8H2,1-2H3. The highest BCUT2D eigenvalue weighted by Gasteiger charge is 2.10. The molecule has 0 unspecified atom stereocenters. The highest BCUT2D eigenvalue weighted by Crippen LogP contribution is 2.13. The Morgan fingerprint density at radius 3 is 2.60 bits per heavy atom. The van der Waals surface area contributed by atoms with E-state index in [4.69, 9.17) is 0 Å². The summed E-state index contributed by atoms with van der Waals surface area (Å²) in [6.45, 7) is 5.68. The minimum Gasteiger partial charge on any atom is -0.310 e. The van der Waals surface area contributed by atoms with Crippen LogP contribution in [0, 0.1) is 17.6 Å². The van der Waals surface area contributed by atoms with Gasteiger partial charge in [-0.05, 0) is 24.6 Å². The van der Waals surface area contributed by atoms with E-state index >= 15 is 0 Å². The monoisotopic (exact) mass is 280 g/mol. The van der Waals surface area contributed by atoms with E-state index in [0.717, 1.165) is 6.54 Å². The van der Waals surface area contributed by atoms with Crippen LogP contribution in [0.5, 0.6) is 0 Å². The molecule has 2 aromatic rings. The highest BCUT2D eigenvalue weighted by molar-refractivity contribution is 5.19. The molecule has 0 saturated heterocycles. The fourth-order valence-corrected chi connectivity index (χ4v) is 1.81. The van der Waals surface area contributed by atoms with Crippen molar-refractivity contribution in [3.8, 4) is 0 Å². The second-order valence-corrected chi connectivity index (χ2v) is 5.08. The molecule has 1 heterocycles. The maximum Gasteiger partial charge on any atom is 0.164 e. The van der Waals surface area contributed by atoms with Crippen LogP contribution in [-0.4, -0.2) is 21.3 Å². The molecular formula is C14H18F2N4. The normalized spacial score (nSPS) is 11.2. The lowest BCUT2D eigenvalue weighted by Crippen LogP contribution is -2.19. The zero-order chi connectivity index (χ0) is 14.5. The number of halogens is 2. The van der Waals surface area contributed by atoms with Gasteiger partial charge in [0.1, 0.15) is 18.0 Å². The van der Waals surface area contributed by atoms with Crippen LogP contribution in [0.2, 0.25) is 0 Å². The molecule has 0 amide bonds. The van der Waals surface area contributed by atoms with Crippen molar-refractivity contribution in [2.24, 2.45) is 5.92 Å². The zero-order valence-corrected chi connectivity index (χ0v) is 11.6. The molecule has 1 N–H and O–H groups in total. The van der Waals surface area contributed by atoms with E-state index < -0.39 is 11.6 Å². The van der Waals surface area contributed by atoms with E-state index in [1.165, 1.54) is 29.2 Å². The Kier molecular flexibility index (Phi) is 4.79. The molecule has 0 aliphatic heterocycles. The third-order valence-corrected chi connectivity index (χ3v) is 2.80. The number of hydrogen-bond donors (Lipinski definition) is 1. The molecule has 0 aliphatic carbocycles. The number of nitrogens with zero attached hydrogens (tertiary/aromatic N) is 3. The number of hydrogen-bond acceptors (Lipinski definition) is 3. The molecule has 4 nitrogen and oxygen atoms in total. The third kappa shape index (κ3) is 3.84. The van der Waals surface area contributed by atoms with Crippen molar-refractivity contribution in [2.45, 2.75) is 26.9 Å². The second kappa shape index (κ2) is 6.56. The average molecular weight is 280 g/mol. The molecule has 0 spiro atoms. The van der Waals surface area contributed by atoms with Crippen LogP contribution in [0.25, 0.3) is 0 Å².